The molecule has 0 radical (unpaired) electrons. The second-order valence-corrected chi connectivity index (χ2v) is 7.07. The van der Waals surface area contributed by atoms with Gasteiger partial charge in [0.2, 0.25) is 11.8 Å². The first kappa shape index (κ1) is 17.6. The quantitative estimate of drug-likeness (QED) is 0.862. The van der Waals surface area contributed by atoms with Gasteiger partial charge in [0.1, 0.15) is 11.7 Å². The van der Waals surface area contributed by atoms with Crippen LogP contribution in [-0.2, 0) is 9.59 Å². The van der Waals surface area contributed by atoms with Crippen molar-refractivity contribution in [3.8, 4) is 0 Å². The molecule has 3 heterocycles. The number of carbonyl (C=O) groups excluding carboxylic acids is 2. The van der Waals surface area contributed by atoms with Gasteiger partial charge in [-0.25, -0.2) is 8.78 Å². The van der Waals surface area contributed by atoms with Gasteiger partial charge in [-0.3, -0.25) is 14.7 Å². The van der Waals surface area contributed by atoms with E-state index in [0.29, 0.717) is 31.6 Å². The van der Waals surface area contributed by atoms with Crippen molar-refractivity contribution in [2.45, 2.75) is 37.1 Å². The van der Waals surface area contributed by atoms with E-state index >= 15 is 0 Å². The van der Waals surface area contributed by atoms with Crippen molar-refractivity contribution in [3.05, 3.63) is 53.3 Å². The summed E-state index contributed by atoms with van der Waals surface area (Å²) in [5.41, 5.74) is 1.36. The Hall–Kier alpha value is -2.77. The highest BCUT2D eigenvalue weighted by atomic mass is 19.3. The number of nitrogens with one attached hydrogen (secondary N) is 2. The number of aromatic amines is 1. The first-order valence-electron chi connectivity index (χ1n) is 8.99. The van der Waals surface area contributed by atoms with Crippen molar-refractivity contribution < 1.29 is 18.4 Å². The summed E-state index contributed by atoms with van der Waals surface area (Å²) in [6.07, 6.45) is -1.79. The fraction of sp³-hybridized carbons (Fsp3) is 0.421. The topological polar surface area (TPSA) is 78.1 Å². The van der Waals surface area contributed by atoms with E-state index in [0.717, 1.165) is 5.56 Å². The Kier molecular flexibility index (Phi) is 4.63. The third kappa shape index (κ3) is 3.43. The van der Waals surface area contributed by atoms with Crippen molar-refractivity contribution in [1.29, 1.82) is 0 Å². The average Bonchev–Trinajstić information content (AvgIpc) is 3.40. The smallest absolute Gasteiger partial charge is 0.282 e. The number of carbonyl (C=O) groups is 2. The van der Waals surface area contributed by atoms with Gasteiger partial charge in [0.25, 0.3) is 6.43 Å². The Morgan fingerprint density at radius 2 is 1.93 bits per heavy atom. The molecule has 0 spiro atoms. The molecule has 0 aliphatic carbocycles. The van der Waals surface area contributed by atoms with Crippen LogP contribution in [0.4, 0.5) is 8.78 Å². The molecule has 1 aromatic carbocycles. The van der Waals surface area contributed by atoms with Crippen LogP contribution in [0.1, 0.15) is 48.1 Å². The standard InChI is InChI=1S/C19H20F2N4O2/c20-18(21)16-8-15(23-24-16)13-10-25(19(27)14-6-7-17(26)22-14)9-12(13)11-4-2-1-3-5-11/h1-5,8,12-14,18H,6-7,9-10H2,(H,22,26)(H,23,24)/t12-,13+,14-/m1/s1. The molecular formula is C19H20F2N4O2. The summed E-state index contributed by atoms with van der Waals surface area (Å²) in [6.45, 7) is 0.874. The Morgan fingerprint density at radius 3 is 2.56 bits per heavy atom. The molecule has 2 aliphatic rings. The molecule has 8 heteroatoms. The van der Waals surface area contributed by atoms with Gasteiger partial charge in [-0.15, -0.1) is 0 Å². The van der Waals surface area contributed by atoms with E-state index in [2.05, 4.69) is 15.5 Å². The number of alkyl halides is 2. The number of rotatable bonds is 4. The van der Waals surface area contributed by atoms with Gasteiger partial charge in [-0.2, -0.15) is 5.10 Å². The molecular weight excluding hydrogens is 354 g/mol. The third-order valence-corrected chi connectivity index (χ3v) is 5.39. The summed E-state index contributed by atoms with van der Waals surface area (Å²) in [7, 11) is 0. The van der Waals surface area contributed by atoms with E-state index in [4.69, 9.17) is 0 Å². The first-order chi connectivity index (χ1) is 13.0. The van der Waals surface area contributed by atoms with Crippen LogP contribution in [0.25, 0.3) is 0 Å². The number of nitrogens with zero attached hydrogens (tertiary/aromatic N) is 2. The second kappa shape index (κ2) is 7.09. The maximum Gasteiger partial charge on any atom is 0.282 e. The molecule has 3 atom stereocenters. The van der Waals surface area contributed by atoms with Crippen LogP contribution in [0.5, 0.6) is 0 Å². The van der Waals surface area contributed by atoms with Crippen LogP contribution in [0, 0.1) is 0 Å². The lowest BCUT2D eigenvalue weighted by Crippen LogP contribution is -2.43. The van der Waals surface area contributed by atoms with Crippen LogP contribution >= 0.6 is 0 Å². The zero-order valence-electron chi connectivity index (χ0n) is 14.6. The van der Waals surface area contributed by atoms with Gasteiger partial charge in [0, 0.05) is 37.0 Å². The minimum Gasteiger partial charge on any atom is -0.344 e. The Balaban J connectivity index is 1.60. The monoisotopic (exact) mass is 374 g/mol. The second-order valence-electron chi connectivity index (χ2n) is 7.07. The summed E-state index contributed by atoms with van der Waals surface area (Å²) in [4.78, 5) is 26.0. The summed E-state index contributed by atoms with van der Waals surface area (Å²) in [6, 6.07) is 10.6. The Labute approximate surface area is 154 Å². The van der Waals surface area contributed by atoms with Gasteiger partial charge >= 0.3 is 0 Å². The van der Waals surface area contributed by atoms with Crippen LogP contribution in [0.2, 0.25) is 0 Å². The predicted molar refractivity (Wildman–Crippen MR) is 93.2 cm³/mol. The number of aromatic nitrogens is 2. The van der Waals surface area contributed by atoms with Crippen molar-refractivity contribution >= 4 is 11.8 Å². The normalized spacial score (nSPS) is 25.2. The molecule has 4 rings (SSSR count). The molecule has 142 valence electrons. The number of hydrogen-bond acceptors (Lipinski definition) is 3. The summed E-state index contributed by atoms with van der Waals surface area (Å²) >= 11 is 0. The van der Waals surface area contributed by atoms with Crippen molar-refractivity contribution in [2.75, 3.05) is 13.1 Å². The van der Waals surface area contributed by atoms with Crippen molar-refractivity contribution in [3.63, 3.8) is 0 Å². The maximum absolute atomic E-state index is 12.9. The highest BCUT2D eigenvalue weighted by molar-refractivity contribution is 5.91. The first-order valence-corrected chi connectivity index (χ1v) is 8.99. The number of hydrogen-bond donors (Lipinski definition) is 2. The lowest BCUT2D eigenvalue weighted by molar-refractivity contribution is -0.133. The van der Waals surface area contributed by atoms with Crippen LogP contribution in [0.15, 0.2) is 36.4 Å². The largest absolute Gasteiger partial charge is 0.344 e. The van der Waals surface area contributed by atoms with E-state index in [1.807, 2.05) is 30.3 Å². The van der Waals surface area contributed by atoms with Crippen molar-refractivity contribution in [1.82, 2.24) is 20.4 Å². The van der Waals surface area contributed by atoms with E-state index < -0.39 is 12.5 Å². The molecule has 0 bridgehead atoms. The highest BCUT2D eigenvalue weighted by Crippen LogP contribution is 2.40. The molecule has 0 unspecified atom stereocenters. The number of likely N-dealkylation sites (tertiary alicyclic amines) is 1. The zero-order chi connectivity index (χ0) is 19.0. The van der Waals surface area contributed by atoms with E-state index in [-0.39, 0.29) is 29.3 Å². The van der Waals surface area contributed by atoms with Crippen LogP contribution in [-0.4, -0.2) is 46.0 Å². The number of benzene rings is 1. The molecule has 2 amide bonds. The minimum atomic E-state index is -2.64. The molecule has 2 fully saturated rings. The number of amides is 2. The zero-order valence-corrected chi connectivity index (χ0v) is 14.6. The van der Waals surface area contributed by atoms with Gasteiger partial charge < -0.3 is 10.2 Å². The highest BCUT2D eigenvalue weighted by Gasteiger charge is 2.41. The summed E-state index contributed by atoms with van der Waals surface area (Å²) < 4.78 is 25.9. The molecule has 27 heavy (non-hydrogen) atoms. The molecule has 2 saturated heterocycles. The SMILES string of the molecule is O=C1CC[C@H](C(=O)N2C[C@H](c3ccccc3)[C@@H](c3cc(C(F)F)n[nH]3)C2)N1. The van der Waals surface area contributed by atoms with Crippen LogP contribution < -0.4 is 5.32 Å². The van der Waals surface area contributed by atoms with Gasteiger partial charge in [0.15, 0.2) is 0 Å². The van der Waals surface area contributed by atoms with E-state index in [1.54, 1.807) is 4.90 Å². The number of H-pyrrole nitrogens is 1. The molecule has 2 aromatic rings. The molecule has 1 aromatic heterocycles. The molecule has 2 aliphatic heterocycles. The van der Waals surface area contributed by atoms with E-state index in [1.165, 1.54) is 6.07 Å². The predicted octanol–water partition coefficient (Wildman–Crippen LogP) is 2.34. The third-order valence-electron chi connectivity index (χ3n) is 5.39. The van der Waals surface area contributed by atoms with Gasteiger partial charge in [-0.05, 0) is 18.1 Å². The van der Waals surface area contributed by atoms with E-state index in [9.17, 15) is 18.4 Å². The maximum atomic E-state index is 12.9. The lowest BCUT2D eigenvalue weighted by Gasteiger charge is -2.20. The van der Waals surface area contributed by atoms with Crippen LogP contribution in [0.3, 0.4) is 0 Å². The summed E-state index contributed by atoms with van der Waals surface area (Å²) in [5, 5.41) is 9.15. The Morgan fingerprint density at radius 1 is 1.19 bits per heavy atom. The fourth-order valence-electron chi connectivity index (χ4n) is 4.01. The van der Waals surface area contributed by atoms with Crippen molar-refractivity contribution in [2.24, 2.45) is 0 Å². The van der Waals surface area contributed by atoms with Gasteiger partial charge in [-0.1, -0.05) is 30.3 Å². The molecule has 6 nitrogen and oxygen atoms in total. The average molecular weight is 374 g/mol. The molecule has 2 N–H and O–H groups in total. The number of halogens is 2. The fourth-order valence-corrected chi connectivity index (χ4v) is 4.01. The summed E-state index contributed by atoms with van der Waals surface area (Å²) in [5.74, 6) is -0.414. The lowest BCUT2D eigenvalue weighted by atomic mass is 9.87. The van der Waals surface area contributed by atoms with Gasteiger partial charge in [0.05, 0.1) is 0 Å². The minimum absolute atomic E-state index is 0.0294. The Bertz CT molecular complexity index is 839. The molecule has 0 saturated carbocycles.